The number of carboxylic acids is 1. The molecule has 0 fully saturated rings. The summed E-state index contributed by atoms with van der Waals surface area (Å²) < 4.78 is 3.55. The molecular formula is C20H18Cl2N2O2S3. The first-order chi connectivity index (χ1) is 13.7. The van der Waals surface area contributed by atoms with Crippen LogP contribution in [0.2, 0.25) is 10.0 Å². The third kappa shape index (κ3) is 5.67. The Kier molecular flexibility index (Phi) is 7.17. The minimum atomic E-state index is -0.868. The fourth-order valence-corrected chi connectivity index (χ4v) is 5.28. The van der Waals surface area contributed by atoms with E-state index in [4.69, 9.17) is 23.2 Å². The second-order valence-corrected chi connectivity index (χ2v) is 11.1. The lowest BCUT2D eigenvalue weighted by molar-refractivity contribution is -0.138. The predicted octanol–water partition coefficient (Wildman–Crippen LogP) is 7.07. The molecule has 0 aliphatic rings. The number of halogens is 2. The summed E-state index contributed by atoms with van der Waals surface area (Å²) in [5, 5.41) is 11.2. The zero-order valence-corrected chi connectivity index (χ0v) is 19.9. The lowest BCUT2D eigenvalue weighted by Crippen LogP contribution is -2.27. The fourth-order valence-electron chi connectivity index (χ4n) is 2.36. The Morgan fingerprint density at radius 3 is 2.59 bits per heavy atom. The number of nitrogens with zero attached hydrogens (tertiary/aromatic N) is 2. The summed E-state index contributed by atoms with van der Waals surface area (Å²) in [6.45, 7) is 5.42. The van der Waals surface area contributed by atoms with Gasteiger partial charge in [-0.2, -0.15) is 4.37 Å². The Hall–Kier alpha value is -1.25. The number of thioether (sulfide) groups is 2. The molecule has 0 saturated carbocycles. The first-order valence-corrected chi connectivity index (χ1v) is 11.9. The molecular weight excluding hydrogens is 467 g/mol. The van der Waals surface area contributed by atoms with E-state index in [0.29, 0.717) is 21.6 Å². The van der Waals surface area contributed by atoms with Gasteiger partial charge >= 0.3 is 5.97 Å². The average Bonchev–Trinajstić information content (AvgIpc) is 3.13. The van der Waals surface area contributed by atoms with E-state index in [1.807, 2.05) is 25.1 Å². The molecule has 0 atom stereocenters. The van der Waals surface area contributed by atoms with Gasteiger partial charge in [-0.15, -0.1) is 23.5 Å². The van der Waals surface area contributed by atoms with Crippen LogP contribution in [0.1, 0.15) is 24.4 Å². The Bertz CT molecular complexity index is 1050. The van der Waals surface area contributed by atoms with Crippen molar-refractivity contribution in [2.75, 3.05) is 0 Å². The molecule has 0 bridgehead atoms. The minimum Gasteiger partial charge on any atom is -0.480 e. The van der Waals surface area contributed by atoms with Gasteiger partial charge in [-0.1, -0.05) is 23.2 Å². The van der Waals surface area contributed by atoms with E-state index in [1.165, 1.54) is 23.3 Å². The van der Waals surface area contributed by atoms with Gasteiger partial charge in [0.15, 0.2) is 5.82 Å². The zero-order valence-electron chi connectivity index (χ0n) is 15.9. The van der Waals surface area contributed by atoms with Crippen LogP contribution in [0.3, 0.4) is 0 Å². The number of benzene rings is 2. The van der Waals surface area contributed by atoms with E-state index in [1.54, 1.807) is 37.7 Å². The van der Waals surface area contributed by atoms with Crippen LogP contribution in [0.5, 0.6) is 0 Å². The fraction of sp³-hybridized carbons (Fsp3) is 0.250. The van der Waals surface area contributed by atoms with Crippen molar-refractivity contribution >= 4 is 64.2 Å². The van der Waals surface area contributed by atoms with Gasteiger partial charge in [-0.25, -0.2) is 4.98 Å². The molecule has 0 spiro atoms. The molecule has 0 unspecified atom stereocenters. The van der Waals surface area contributed by atoms with Crippen molar-refractivity contribution in [3.63, 3.8) is 0 Å². The van der Waals surface area contributed by atoms with Gasteiger partial charge in [-0.3, -0.25) is 4.79 Å². The van der Waals surface area contributed by atoms with Crippen molar-refractivity contribution in [1.82, 2.24) is 9.36 Å². The smallest absolute Gasteiger partial charge is 0.319 e. The van der Waals surface area contributed by atoms with Gasteiger partial charge in [0, 0.05) is 15.4 Å². The molecule has 152 valence electrons. The molecule has 0 radical (unpaired) electrons. The SMILES string of the molecule is Cc1cc(SCc2nc(-c3ccc(Cl)c(Cl)c3)ns2)ccc1SC(C)(C)C(=O)O. The van der Waals surface area contributed by atoms with E-state index in [-0.39, 0.29) is 0 Å². The van der Waals surface area contributed by atoms with Gasteiger partial charge in [-0.05, 0) is 74.3 Å². The topological polar surface area (TPSA) is 63.1 Å². The summed E-state index contributed by atoms with van der Waals surface area (Å²) >= 11 is 16.4. The number of carbonyl (C=O) groups is 1. The van der Waals surface area contributed by atoms with Crippen molar-refractivity contribution in [1.29, 1.82) is 0 Å². The standard InChI is InChI=1S/C20H18Cl2N2O2S3/c1-11-8-13(5-7-16(11)28-20(2,3)19(25)26)27-10-17-23-18(24-29-17)12-4-6-14(21)15(22)9-12/h4-9H,10H2,1-3H3,(H,25,26). The molecule has 1 heterocycles. The number of rotatable bonds is 7. The molecule has 1 N–H and O–H groups in total. The van der Waals surface area contributed by atoms with E-state index in [9.17, 15) is 9.90 Å². The monoisotopic (exact) mass is 484 g/mol. The molecule has 0 aliphatic carbocycles. The normalized spacial score (nSPS) is 11.6. The number of hydrogen-bond donors (Lipinski definition) is 1. The predicted molar refractivity (Wildman–Crippen MR) is 124 cm³/mol. The molecule has 9 heteroatoms. The van der Waals surface area contributed by atoms with Gasteiger partial charge in [0.25, 0.3) is 0 Å². The van der Waals surface area contributed by atoms with Crippen LogP contribution in [0.25, 0.3) is 11.4 Å². The maximum Gasteiger partial charge on any atom is 0.319 e. The van der Waals surface area contributed by atoms with Crippen molar-refractivity contribution < 1.29 is 9.90 Å². The largest absolute Gasteiger partial charge is 0.480 e. The van der Waals surface area contributed by atoms with E-state index in [2.05, 4.69) is 15.4 Å². The maximum absolute atomic E-state index is 11.4. The van der Waals surface area contributed by atoms with Gasteiger partial charge in [0.1, 0.15) is 9.75 Å². The van der Waals surface area contributed by atoms with Gasteiger partial charge in [0.05, 0.1) is 15.8 Å². The minimum absolute atomic E-state index is 0.481. The maximum atomic E-state index is 11.4. The van der Waals surface area contributed by atoms with Gasteiger partial charge < -0.3 is 5.11 Å². The Labute approximate surface area is 192 Å². The Morgan fingerprint density at radius 1 is 1.17 bits per heavy atom. The molecule has 29 heavy (non-hydrogen) atoms. The third-order valence-corrected chi connectivity index (χ3v) is 8.04. The summed E-state index contributed by atoms with van der Waals surface area (Å²) in [6, 6.07) is 11.4. The molecule has 2 aromatic carbocycles. The van der Waals surface area contributed by atoms with Crippen LogP contribution < -0.4 is 0 Å². The highest BCUT2D eigenvalue weighted by atomic mass is 35.5. The molecule has 4 nitrogen and oxygen atoms in total. The summed E-state index contributed by atoms with van der Waals surface area (Å²) in [6.07, 6.45) is 0. The molecule has 1 aromatic heterocycles. The number of aliphatic carboxylic acids is 1. The lowest BCUT2D eigenvalue weighted by Gasteiger charge is -2.19. The summed E-state index contributed by atoms with van der Waals surface area (Å²) in [5.74, 6) is 0.517. The zero-order chi connectivity index (χ0) is 21.2. The second-order valence-electron chi connectivity index (χ2n) is 6.77. The molecule has 0 aliphatic heterocycles. The molecule has 0 saturated heterocycles. The first kappa shape index (κ1) is 22.4. The Morgan fingerprint density at radius 2 is 1.93 bits per heavy atom. The number of hydrogen-bond acceptors (Lipinski definition) is 6. The Balaban J connectivity index is 1.66. The van der Waals surface area contributed by atoms with Crippen molar-refractivity contribution in [2.45, 2.75) is 41.1 Å². The average molecular weight is 485 g/mol. The van der Waals surface area contributed by atoms with E-state index in [0.717, 1.165) is 25.9 Å². The summed E-state index contributed by atoms with van der Waals surface area (Å²) in [5.41, 5.74) is 1.90. The van der Waals surface area contributed by atoms with Crippen molar-refractivity contribution in [2.24, 2.45) is 0 Å². The van der Waals surface area contributed by atoms with Crippen molar-refractivity contribution in [3.05, 3.63) is 57.0 Å². The quantitative estimate of drug-likeness (QED) is 0.361. The third-order valence-electron chi connectivity index (χ3n) is 4.03. The first-order valence-electron chi connectivity index (χ1n) is 8.59. The summed E-state index contributed by atoms with van der Waals surface area (Å²) in [4.78, 5) is 18.0. The highest BCUT2D eigenvalue weighted by molar-refractivity contribution is 8.01. The highest BCUT2D eigenvalue weighted by Crippen LogP contribution is 2.37. The van der Waals surface area contributed by atoms with E-state index < -0.39 is 10.7 Å². The van der Waals surface area contributed by atoms with E-state index >= 15 is 0 Å². The van der Waals surface area contributed by atoms with Crippen molar-refractivity contribution in [3.8, 4) is 11.4 Å². The highest BCUT2D eigenvalue weighted by Gasteiger charge is 2.29. The number of aryl methyl sites for hydroxylation is 1. The van der Waals surface area contributed by atoms with Gasteiger partial charge in [0.2, 0.25) is 0 Å². The molecule has 3 rings (SSSR count). The number of carboxylic acid groups (broad SMARTS) is 1. The van der Waals surface area contributed by atoms with Crippen LogP contribution in [0.4, 0.5) is 0 Å². The van der Waals surface area contributed by atoms with Crippen LogP contribution in [0, 0.1) is 6.92 Å². The van der Waals surface area contributed by atoms with Crippen LogP contribution in [-0.4, -0.2) is 25.2 Å². The van der Waals surface area contributed by atoms with Crippen LogP contribution in [0.15, 0.2) is 46.2 Å². The summed E-state index contributed by atoms with van der Waals surface area (Å²) in [7, 11) is 0. The lowest BCUT2D eigenvalue weighted by atomic mass is 10.2. The second kappa shape index (κ2) is 9.27. The van der Waals surface area contributed by atoms with Crippen LogP contribution in [-0.2, 0) is 10.5 Å². The number of aromatic nitrogens is 2. The molecule has 0 amide bonds. The molecule has 3 aromatic rings. The van der Waals surface area contributed by atoms with Crippen LogP contribution >= 0.6 is 58.3 Å².